The number of aliphatic imine (C=N–C) groups is 1. The van der Waals surface area contributed by atoms with Crippen LogP contribution >= 0.6 is 0 Å². The number of guanidine groups is 1. The minimum absolute atomic E-state index is 0.168. The maximum absolute atomic E-state index is 5.75. The predicted molar refractivity (Wildman–Crippen MR) is 103 cm³/mol. The van der Waals surface area contributed by atoms with Gasteiger partial charge in [0.1, 0.15) is 5.75 Å². The van der Waals surface area contributed by atoms with Crippen molar-refractivity contribution in [2.24, 2.45) is 10.9 Å². The first kappa shape index (κ1) is 19.6. The summed E-state index contributed by atoms with van der Waals surface area (Å²) in [5.41, 5.74) is 1.21. The summed E-state index contributed by atoms with van der Waals surface area (Å²) < 4.78 is 11.4. The fraction of sp³-hybridized carbons (Fsp3) is 0.650. The molecule has 2 atom stereocenters. The van der Waals surface area contributed by atoms with E-state index in [9.17, 15) is 0 Å². The Kier molecular flexibility index (Phi) is 8.06. The van der Waals surface area contributed by atoms with Crippen LogP contribution in [-0.2, 0) is 4.74 Å². The molecule has 1 aliphatic heterocycles. The fourth-order valence-corrected chi connectivity index (χ4v) is 2.71. The summed E-state index contributed by atoms with van der Waals surface area (Å²) in [5, 5.41) is 6.78. The van der Waals surface area contributed by atoms with Crippen LogP contribution in [0.2, 0.25) is 0 Å². The molecule has 0 saturated carbocycles. The predicted octanol–water partition coefficient (Wildman–Crippen LogP) is 3.52. The van der Waals surface area contributed by atoms with E-state index in [1.807, 2.05) is 12.1 Å². The molecule has 1 aromatic rings. The van der Waals surface area contributed by atoms with Crippen LogP contribution in [0.4, 0.5) is 0 Å². The second kappa shape index (κ2) is 10.3. The zero-order chi connectivity index (χ0) is 18.1. The minimum Gasteiger partial charge on any atom is -0.493 e. The molecule has 2 unspecified atom stereocenters. The highest BCUT2D eigenvalue weighted by Crippen LogP contribution is 2.18. The second-order valence-corrected chi connectivity index (χ2v) is 6.99. The third-order valence-electron chi connectivity index (χ3n) is 4.14. The third-order valence-corrected chi connectivity index (χ3v) is 4.14. The summed E-state index contributed by atoms with van der Waals surface area (Å²) >= 11 is 0. The van der Waals surface area contributed by atoms with Gasteiger partial charge in [0.2, 0.25) is 0 Å². The Morgan fingerprint density at radius 2 is 2.04 bits per heavy atom. The Balaban J connectivity index is 1.90. The third kappa shape index (κ3) is 6.94. The van der Waals surface area contributed by atoms with Crippen molar-refractivity contribution in [2.75, 3.05) is 26.3 Å². The van der Waals surface area contributed by atoms with E-state index in [4.69, 9.17) is 9.47 Å². The lowest BCUT2D eigenvalue weighted by Gasteiger charge is -2.19. The number of hydrogen-bond acceptors (Lipinski definition) is 3. The number of hydrogen-bond donors (Lipinski definition) is 2. The highest BCUT2D eigenvalue weighted by atomic mass is 16.5. The molecule has 1 aliphatic rings. The lowest BCUT2D eigenvalue weighted by Crippen LogP contribution is -2.39. The Morgan fingerprint density at radius 3 is 2.64 bits per heavy atom. The van der Waals surface area contributed by atoms with Crippen molar-refractivity contribution in [1.29, 1.82) is 0 Å². The van der Waals surface area contributed by atoms with Crippen molar-refractivity contribution in [1.82, 2.24) is 10.6 Å². The van der Waals surface area contributed by atoms with Gasteiger partial charge < -0.3 is 20.1 Å². The first-order valence-corrected chi connectivity index (χ1v) is 9.47. The van der Waals surface area contributed by atoms with Crippen LogP contribution in [0.5, 0.6) is 5.75 Å². The maximum atomic E-state index is 5.75. The van der Waals surface area contributed by atoms with Crippen LogP contribution < -0.4 is 15.4 Å². The van der Waals surface area contributed by atoms with Crippen molar-refractivity contribution in [3.63, 3.8) is 0 Å². The van der Waals surface area contributed by atoms with Gasteiger partial charge >= 0.3 is 0 Å². The summed E-state index contributed by atoms with van der Waals surface area (Å²) in [4.78, 5) is 4.67. The van der Waals surface area contributed by atoms with E-state index in [-0.39, 0.29) is 12.1 Å². The molecular weight excluding hydrogens is 314 g/mol. The lowest BCUT2D eigenvalue weighted by atomic mass is 10.1. The van der Waals surface area contributed by atoms with Crippen LogP contribution in [0.3, 0.4) is 0 Å². The number of nitrogens with zero attached hydrogens (tertiary/aromatic N) is 1. The van der Waals surface area contributed by atoms with Crippen molar-refractivity contribution >= 4 is 5.96 Å². The van der Waals surface area contributed by atoms with Crippen LogP contribution in [-0.4, -0.2) is 38.4 Å². The van der Waals surface area contributed by atoms with E-state index >= 15 is 0 Å². The first-order valence-electron chi connectivity index (χ1n) is 9.47. The Labute approximate surface area is 152 Å². The molecule has 140 valence electrons. The van der Waals surface area contributed by atoms with Gasteiger partial charge in [0.15, 0.2) is 5.96 Å². The van der Waals surface area contributed by atoms with Crippen LogP contribution in [0.25, 0.3) is 0 Å². The second-order valence-electron chi connectivity index (χ2n) is 6.99. The molecule has 2 N–H and O–H groups in total. The molecule has 1 saturated heterocycles. The number of rotatable bonds is 8. The van der Waals surface area contributed by atoms with Gasteiger partial charge in [0.25, 0.3) is 0 Å². The topological polar surface area (TPSA) is 54.9 Å². The first-order chi connectivity index (χ1) is 12.1. The average Bonchev–Trinajstić information content (AvgIpc) is 3.12. The molecule has 0 radical (unpaired) electrons. The molecule has 1 fully saturated rings. The largest absolute Gasteiger partial charge is 0.493 e. The molecule has 5 nitrogen and oxygen atoms in total. The van der Waals surface area contributed by atoms with Crippen molar-refractivity contribution in [2.45, 2.75) is 52.7 Å². The molecule has 1 aromatic carbocycles. The summed E-state index contributed by atoms with van der Waals surface area (Å²) in [6.45, 7) is 11.7. The molecule has 2 rings (SSSR count). The molecule has 0 aliphatic carbocycles. The van der Waals surface area contributed by atoms with Crippen LogP contribution in [0, 0.1) is 5.92 Å². The summed E-state index contributed by atoms with van der Waals surface area (Å²) in [6.07, 6.45) is 2.52. The van der Waals surface area contributed by atoms with Gasteiger partial charge in [0, 0.05) is 13.2 Å². The van der Waals surface area contributed by atoms with Gasteiger partial charge in [-0.05, 0) is 50.3 Å². The highest BCUT2D eigenvalue weighted by Gasteiger charge is 2.15. The molecule has 0 aromatic heterocycles. The van der Waals surface area contributed by atoms with Crippen molar-refractivity contribution < 1.29 is 9.47 Å². The zero-order valence-electron chi connectivity index (χ0n) is 16.0. The van der Waals surface area contributed by atoms with Crippen LogP contribution in [0.15, 0.2) is 29.3 Å². The smallest absolute Gasteiger partial charge is 0.191 e. The Morgan fingerprint density at radius 1 is 1.28 bits per heavy atom. The molecular formula is C20H33N3O2. The number of benzene rings is 1. The Bertz CT molecular complexity index is 522. The fourth-order valence-electron chi connectivity index (χ4n) is 2.71. The summed E-state index contributed by atoms with van der Waals surface area (Å²) in [5.74, 6) is 2.29. The lowest BCUT2D eigenvalue weighted by molar-refractivity contribution is 0.117. The van der Waals surface area contributed by atoms with E-state index in [1.54, 1.807) is 0 Å². The van der Waals surface area contributed by atoms with Crippen LogP contribution in [0.1, 0.15) is 52.1 Å². The van der Waals surface area contributed by atoms with Gasteiger partial charge in [-0.25, -0.2) is 0 Å². The standard InChI is InChI=1S/C20H33N3O2/c1-5-21-20(22-13-19-7-6-12-24-19)23-16(4)17-8-10-18(11-9-17)25-14-15(2)3/h8-11,15-16,19H,5-7,12-14H2,1-4H3,(H2,21,22,23). The molecule has 25 heavy (non-hydrogen) atoms. The molecule has 0 amide bonds. The van der Waals surface area contributed by atoms with Gasteiger partial charge in [-0.3, -0.25) is 4.99 Å². The molecule has 0 spiro atoms. The minimum atomic E-state index is 0.168. The van der Waals surface area contributed by atoms with Gasteiger partial charge in [-0.15, -0.1) is 0 Å². The summed E-state index contributed by atoms with van der Waals surface area (Å²) in [7, 11) is 0. The highest BCUT2D eigenvalue weighted by molar-refractivity contribution is 5.80. The SMILES string of the molecule is CCNC(=NCC1CCCO1)NC(C)c1ccc(OCC(C)C)cc1. The quantitative estimate of drug-likeness (QED) is 0.558. The maximum Gasteiger partial charge on any atom is 0.191 e. The molecule has 1 heterocycles. The molecule has 0 bridgehead atoms. The van der Waals surface area contributed by atoms with Crippen molar-refractivity contribution in [3.05, 3.63) is 29.8 Å². The molecule has 5 heteroatoms. The van der Waals surface area contributed by atoms with E-state index in [0.29, 0.717) is 12.5 Å². The monoisotopic (exact) mass is 347 g/mol. The normalized spacial score (nSPS) is 19.1. The number of nitrogens with one attached hydrogen (secondary N) is 2. The Hall–Kier alpha value is -1.75. The summed E-state index contributed by atoms with van der Waals surface area (Å²) in [6, 6.07) is 8.45. The van der Waals surface area contributed by atoms with E-state index < -0.39 is 0 Å². The van der Waals surface area contributed by atoms with E-state index in [2.05, 4.69) is 55.5 Å². The van der Waals surface area contributed by atoms with E-state index in [0.717, 1.165) is 44.3 Å². The number of ether oxygens (including phenoxy) is 2. The zero-order valence-corrected chi connectivity index (χ0v) is 16.0. The van der Waals surface area contributed by atoms with Gasteiger partial charge in [-0.2, -0.15) is 0 Å². The van der Waals surface area contributed by atoms with Crippen molar-refractivity contribution in [3.8, 4) is 5.75 Å². The average molecular weight is 348 g/mol. The van der Waals surface area contributed by atoms with Gasteiger partial charge in [0.05, 0.1) is 25.3 Å². The van der Waals surface area contributed by atoms with Gasteiger partial charge in [-0.1, -0.05) is 26.0 Å². The van der Waals surface area contributed by atoms with E-state index in [1.165, 1.54) is 5.56 Å².